The zero-order valence-electron chi connectivity index (χ0n) is 14.9. The Bertz CT molecular complexity index is 1150. The molecule has 1 atom stereocenters. The van der Waals surface area contributed by atoms with E-state index in [1.54, 1.807) is 19.3 Å². The van der Waals surface area contributed by atoms with Gasteiger partial charge in [-0.2, -0.15) is 0 Å². The molecule has 0 spiro atoms. The van der Waals surface area contributed by atoms with Gasteiger partial charge in [0.25, 0.3) is 0 Å². The van der Waals surface area contributed by atoms with Crippen molar-refractivity contribution in [3.05, 3.63) is 82.9 Å². The molecular formula is C22H18ClFN2O. The molecule has 1 N–H and O–H groups in total. The van der Waals surface area contributed by atoms with Crippen molar-refractivity contribution in [1.82, 2.24) is 9.55 Å². The maximum atomic E-state index is 14.4. The van der Waals surface area contributed by atoms with Gasteiger partial charge < -0.3 is 5.11 Å². The average molecular weight is 381 g/mol. The lowest BCUT2D eigenvalue weighted by Crippen LogP contribution is -1.95. The molecule has 0 radical (unpaired) electrons. The molecule has 1 aromatic heterocycles. The minimum absolute atomic E-state index is 0.347. The Kier molecular flexibility index (Phi) is 4.46. The molecule has 0 fully saturated rings. The van der Waals surface area contributed by atoms with E-state index in [9.17, 15) is 9.50 Å². The van der Waals surface area contributed by atoms with E-state index in [1.165, 1.54) is 6.07 Å². The monoisotopic (exact) mass is 380 g/mol. The van der Waals surface area contributed by atoms with Crippen LogP contribution in [-0.2, 0) is 0 Å². The Morgan fingerprint density at radius 2 is 1.93 bits per heavy atom. The predicted molar refractivity (Wildman–Crippen MR) is 107 cm³/mol. The van der Waals surface area contributed by atoms with Gasteiger partial charge in [0.1, 0.15) is 12.1 Å². The number of aromatic nitrogens is 2. The highest BCUT2D eigenvalue weighted by molar-refractivity contribution is 6.34. The molecule has 0 saturated carbocycles. The van der Waals surface area contributed by atoms with Gasteiger partial charge in [-0.25, -0.2) is 9.37 Å². The number of aliphatic hydroxyl groups excluding tert-OH is 1. The number of nitrogens with zero attached hydrogens (tertiary/aromatic N) is 2. The number of aliphatic hydroxyl groups is 1. The molecule has 3 nitrogen and oxygen atoms in total. The summed E-state index contributed by atoms with van der Waals surface area (Å²) in [6.45, 7) is 3.58. The van der Waals surface area contributed by atoms with E-state index in [0.29, 0.717) is 16.1 Å². The molecule has 0 aliphatic heterocycles. The lowest BCUT2D eigenvalue weighted by atomic mass is 10.0. The summed E-state index contributed by atoms with van der Waals surface area (Å²) in [4.78, 5) is 4.44. The molecule has 4 aromatic rings. The number of hydrogen-bond donors (Lipinski definition) is 1. The third-order valence-electron chi connectivity index (χ3n) is 4.75. The van der Waals surface area contributed by atoms with Gasteiger partial charge in [0.05, 0.1) is 22.2 Å². The second-order valence-electron chi connectivity index (χ2n) is 6.64. The van der Waals surface area contributed by atoms with Crippen LogP contribution in [0, 0.1) is 12.7 Å². The first-order chi connectivity index (χ1) is 13.0. The van der Waals surface area contributed by atoms with Crippen molar-refractivity contribution >= 4 is 22.6 Å². The van der Waals surface area contributed by atoms with Crippen molar-refractivity contribution in [2.75, 3.05) is 0 Å². The van der Waals surface area contributed by atoms with Gasteiger partial charge in [-0.1, -0.05) is 35.9 Å². The number of imidazole rings is 1. The fraction of sp³-hybridized carbons (Fsp3) is 0.136. The molecule has 0 aliphatic rings. The van der Waals surface area contributed by atoms with Crippen molar-refractivity contribution < 1.29 is 9.50 Å². The van der Waals surface area contributed by atoms with E-state index in [1.807, 2.05) is 54.0 Å². The minimum Gasteiger partial charge on any atom is -0.389 e. The van der Waals surface area contributed by atoms with Crippen LogP contribution in [0.1, 0.15) is 24.2 Å². The third-order valence-corrected chi connectivity index (χ3v) is 5.24. The number of fused-ring (bicyclic) bond motifs is 1. The first kappa shape index (κ1) is 17.7. The maximum Gasteiger partial charge on any atom is 0.132 e. The second kappa shape index (κ2) is 6.80. The standard InChI is InChI=1S/C22H18ClFN2O/c1-13-6-8-18(24)21(22(13)23)16-4-3-5-17(10-16)26-12-25-19-11-15(14(2)27)7-9-20(19)26/h3-12,14,27H,1-2H3/t14-/m1/s1. The molecule has 0 unspecified atom stereocenters. The highest BCUT2D eigenvalue weighted by Crippen LogP contribution is 2.34. The molecule has 0 saturated heterocycles. The Labute approximate surface area is 161 Å². The molecule has 27 heavy (non-hydrogen) atoms. The van der Waals surface area contributed by atoms with E-state index in [0.717, 1.165) is 27.8 Å². The molecule has 0 bridgehead atoms. The zero-order chi connectivity index (χ0) is 19.1. The lowest BCUT2D eigenvalue weighted by Gasteiger charge is -2.11. The third kappa shape index (κ3) is 3.11. The van der Waals surface area contributed by atoms with Crippen LogP contribution >= 0.6 is 11.6 Å². The van der Waals surface area contributed by atoms with Gasteiger partial charge in [0.15, 0.2) is 0 Å². The van der Waals surface area contributed by atoms with Crippen LogP contribution in [0.5, 0.6) is 0 Å². The minimum atomic E-state index is -0.547. The van der Waals surface area contributed by atoms with Crippen molar-refractivity contribution in [3.8, 4) is 16.8 Å². The Morgan fingerprint density at radius 3 is 2.70 bits per heavy atom. The van der Waals surface area contributed by atoms with Gasteiger partial charge in [-0.3, -0.25) is 4.57 Å². The van der Waals surface area contributed by atoms with Crippen molar-refractivity contribution in [2.24, 2.45) is 0 Å². The van der Waals surface area contributed by atoms with Gasteiger partial charge in [-0.15, -0.1) is 0 Å². The number of benzene rings is 3. The van der Waals surface area contributed by atoms with Gasteiger partial charge >= 0.3 is 0 Å². The number of halogens is 2. The lowest BCUT2D eigenvalue weighted by molar-refractivity contribution is 0.199. The summed E-state index contributed by atoms with van der Waals surface area (Å²) in [5.74, 6) is -0.347. The SMILES string of the molecule is Cc1ccc(F)c(-c2cccc(-n3cnc4cc([C@@H](C)O)ccc43)c2)c1Cl. The van der Waals surface area contributed by atoms with Crippen molar-refractivity contribution in [3.63, 3.8) is 0 Å². The highest BCUT2D eigenvalue weighted by atomic mass is 35.5. The van der Waals surface area contributed by atoms with Gasteiger partial charge in [0.2, 0.25) is 0 Å². The van der Waals surface area contributed by atoms with E-state index in [2.05, 4.69) is 4.98 Å². The Morgan fingerprint density at radius 1 is 1.11 bits per heavy atom. The number of rotatable bonds is 3. The smallest absolute Gasteiger partial charge is 0.132 e. The van der Waals surface area contributed by atoms with Crippen molar-refractivity contribution in [1.29, 1.82) is 0 Å². The summed E-state index contributed by atoms with van der Waals surface area (Å²) in [6.07, 6.45) is 1.18. The first-order valence-electron chi connectivity index (χ1n) is 8.66. The quantitative estimate of drug-likeness (QED) is 0.484. The van der Waals surface area contributed by atoms with E-state index in [4.69, 9.17) is 11.6 Å². The summed E-state index contributed by atoms with van der Waals surface area (Å²) in [5, 5.41) is 10.2. The van der Waals surface area contributed by atoms with Crippen molar-refractivity contribution in [2.45, 2.75) is 20.0 Å². The summed E-state index contributed by atoms with van der Waals surface area (Å²) >= 11 is 6.37. The van der Waals surface area contributed by atoms with Crippen LogP contribution in [0.25, 0.3) is 27.8 Å². The average Bonchev–Trinajstić information content (AvgIpc) is 3.08. The summed E-state index contributed by atoms with van der Waals surface area (Å²) in [5.41, 5.74) is 5.32. The normalized spacial score (nSPS) is 12.5. The topological polar surface area (TPSA) is 38.0 Å². The van der Waals surface area contributed by atoms with Crippen LogP contribution < -0.4 is 0 Å². The van der Waals surface area contributed by atoms with Crippen LogP contribution in [0.3, 0.4) is 0 Å². The zero-order valence-corrected chi connectivity index (χ0v) is 15.7. The molecule has 3 aromatic carbocycles. The van der Waals surface area contributed by atoms with Crippen LogP contribution in [0.15, 0.2) is 60.9 Å². The highest BCUT2D eigenvalue weighted by Gasteiger charge is 2.14. The van der Waals surface area contributed by atoms with Crippen LogP contribution in [0.2, 0.25) is 5.02 Å². The van der Waals surface area contributed by atoms with Gasteiger partial charge in [-0.05, 0) is 60.9 Å². The van der Waals surface area contributed by atoms with E-state index in [-0.39, 0.29) is 5.82 Å². The first-order valence-corrected chi connectivity index (χ1v) is 9.04. The summed E-state index contributed by atoms with van der Waals surface area (Å²) in [6, 6.07) is 16.3. The molecule has 0 amide bonds. The summed E-state index contributed by atoms with van der Waals surface area (Å²) in [7, 11) is 0. The predicted octanol–water partition coefficient (Wildman–Crippen LogP) is 5.85. The Hall–Kier alpha value is -2.69. The van der Waals surface area contributed by atoms with Gasteiger partial charge in [0, 0.05) is 11.3 Å². The van der Waals surface area contributed by atoms with Crippen LogP contribution in [0.4, 0.5) is 4.39 Å². The fourth-order valence-electron chi connectivity index (χ4n) is 3.23. The molecule has 136 valence electrons. The van der Waals surface area contributed by atoms with E-state index >= 15 is 0 Å². The molecule has 1 heterocycles. The van der Waals surface area contributed by atoms with Crippen LogP contribution in [-0.4, -0.2) is 14.7 Å². The fourth-order valence-corrected chi connectivity index (χ4v) is 3.49. The second-order valence-corrected chi connectivity index (χ2v) is 7.02. The molecule has 0 aliphatic carbocycles. The number of hydrogen-bond acceptors (Lipinski definition) is 2. The Balaban J connectivity index is 1.85. The molecular weight excluding hydrogens is 363 g/mol. The maximum absolute atomic E-state index is 14.4. The summed E-state index contributed by atoms with van der Waals surface area (Å²) < 4.78 is 16.4. The molecule has 4 rings (SSSR count). The van der Waals surface area contributed by atoms with E-state index < -0.39 is 6.10 Å². The number of aryl methyl sites for hydroxylation is 1. The largest absolute Gasteiger partial charge is 0.389 e. The molecule has 5 heteroatoms.